The molecule has 0 fully saturated rings. The number of sulfonamides is 1. The third-order valence-electron chi connectivity index (χ3n) is 3.53. The van der Waals surface area contributed by atoms with E-state index in [9.17, 15) is 8.42 Å². The summed E-state index contributed by atoms with van der Waals surface area (Å²) in [5.74, 6) is 0.557. The van der Waals surface area contributed by atoms with E-state index >= 15 is 0 Å². The van der Waals surface area contributed by atoms with Crippen molar-refractivity contribution in [3.8, 4) is 0 Å². The summed E-state index contributed by atoms with van der Waals surface area (Å²) in [5.41, 5.74) is 8.10. The smallest absolute Gasteiger partial charge is 0.258 e. The molecule has 0 bridgehead atoms. The molecule has 0 spiro atoms. The molecular formula is C13H16N4O2S. The molecule has 2 atom stereocenters. The fourth-order valence-electron chi connectivity index (χ4n) is 2.54. The van der Waals surface area contributed by atoms with Crippen LogP contribution in [0.5, 0.6) is 0 Å². The molecule has 1 aromatic carbocycles. The number of nitrogens with zero attached hydrogens (tertiary/aromatic N) is 1. The number of aromatic amines is 1. The lowest BCUT2D eigenvalue weighted by Gasteiger charge is -2.18. The minimum atomic E-state index is -3.65. The first-order chi connectivity index (χ1) is 9.47. The number of fused-ring (bicyclic) bond motifs is 1. The minimum absolute atomic E-state index is 0.0616. The van der Waals surface area contributed by atoms with E-state index in [1.54, 1.807) is 6.92 Å². The number of aryl methyl sites for hydroxylation is 1. The van der Waals surface area contributed by atoms with Gasteiger partial charge in [-0.05, 0) is 24.5 Å². The molecule has 0 amide bonds. The molecule has 20 heavy (non-hydrogen) atoms. The molecular weight excluding hydrogens is 276 g/mol. The quantitative estimate of drug-likeness (QED) is 0.772. The maximum Gasteiger partial charge on any atom is 0.258 e. The van der Waals surface area contributed by atoms with Crippen molar-refractivity contribution in [2.45, 2.75) is 30.5 Å². The van der Waals surface area contributed by atoms with Gasteiger partial charge in [0.05, 0.1) is 12.2 Å². The molecule has 1 aliphatic rings. The summed E-state index contributed by atoms with van der Waals surface area (Å²) in [6.07, 6.45) is 1.98. The predicted molar refractivity (Wildman–Crippen MR) is 74.5 cm³/mol. The Kier molecular flexibility index (Phi) is 3.12. The normalized spacial score (nSPS) is 21.9. The Balaban J connectivity index is 1.92. The second-order valence-corrected chi connectivity index (χ2v) is 6.68. The van der Waals surface area contributed by atoms with Gasteiger partial charge >= 0.3 is 0 Å². The van der Waals surface area contributed by atoms with Crippen LogP contribution >= 0.6 is 0 Å². The van der Waals surface area contributed by atoms with Crippen LogP contribution in [0.15, 0.2) is 35.5 Å². The van der Waals surface area contributed by atoms with Gasteiger partial charge in [-0.15, -0.1) is 0 Å². The van der Waals surface area contributed by atoms with E-state index < -0.39 is 16.1 Å². The molecule has 6 nitrogen and oxygen atoms in total. The van der Waals surface area contributed by atoms with Crippen molar-refractivity contribution in [2.24, 2.45) is 5.73 Å². The third-order valence-corrected chi connectivity index (χ3v) is 4.88. The Hall–Kier alpha value is -1.70. The lowest BCUT2D eigenvalue weighted by atomic mass is 10.1. The Labute approximate surface area is 117 Å². The van der Waals surface area contributed by atoms with Gasteiger partial charge in [-0.3, -0.25) is 0 Å². The Morgan fingerprint density at radius 2 is 2.15 bits per heavy atom. The maximum absolute atomic E-state index is 12.3. The van der Waals surface area contributed by atoms with Crippen LogP contribution in [0.1, 0.15) is 23.0 Å². The molecule has 4 N–H and O–H groups in total. The molecule has 106 valence electrons. The number of benzene rings is 1. The highest BCUT2D eigenvalue weighted by Gasteiger charge is 2.33. The number of H-pyrrole nitrogens is 1. The van der Waals surface area contributed by atoms with Crippen LogP contribution in [-0.4, -0.2) is 24.4 Å². The van der Waals surface area contributed by atoms with Gasteiger partial charge in [-0.1, -0.05) is 24.3 Å². The molecule has 3 rings (SSSR count). The van der Waals surface area contributed by atoms with Crippen molar-refractivity contribution in [2.75, 3.05) is 0 Å². The predicted octanol–water partition coefficient (Wildman–Crippen LogP) is 0.621. The molecule has 0 saturated carbocycles. The second kappa shape index (κ2) is 4.69. The lowest BCUT2D eigenvalue weighted by molar-refractivity contribution is 0.516. The Morgan fingerprint density at radius 3 is 2.85 bits per heavy atom. The number of hydrogen-bond donors (Lipinski definition) is 3. The molecule has 1 aliphatic carbocycles. The van der Waals surface area contributed by atoms with Gasteiger partial charge in [-0.2, -0.15) is 0 Å². The molecule has 1 aromatic heterocycles. The summed E-state index contributed by atoms with van der Waals surface area (Å²) in [4.78, 5) is 6.64. The number of aromatic nitrogens is 2. The van der Waals surface area contributed by atoms with Crippen molar-refractivity contribution in [1.29, 1.82) is 0 Å². The number of nitrogens with two attached hydrogens (primary N) is 1. The van der Waals surface area contributed by atoms with Crippen LogP contribution < -0.4 is 10.5 Å². The zero-order valence-electron chi connectivity index (χ0n) is 11.0. The van der Waals surface area contributed by atoms with E-state index in [0.29, 0.717) is 12.2 Å². The number of imidazole rings is 1. The van der Waals surface area contributed by atoms with Gasteiger partial charge < -0.3 is 10.7 Å². The molecule has 0 aliphatic heterocycles. The van der Waals surface area contributed by atoms with E-state index in [2.05, 4.69) is 14.7 Å². The van der Waals surface area contributed by atoms with Gasteiger partial charge in [0.2, 0.25) is 0 Å². The van der Waals surface area contributed by atoms with Gasteiger partial charge in [0.15, 0.2) is 5.03 Å². The lowest BCUT2D eigenvalue weighted by Crippen LogP contribution is -2.38. The second-order valence-electron chi connectivity index (χ2n) is 5.00. The fraction of sp³-hybridized carbons (Fsp3) is 0.308. The van der Waals surface area contributed by atoms with Gasteiger partial charge in [0.25, 0.3) is 10.0 Å². The van der Waals surface area contributed by atoms with Crippen molar-refractivity contribution < 1.29 is 8.42 Å². The van der Waals surface area contributed by atoms with Gasteiger partial charge in [0.1, 0.15) is 5.82 Å². The molecule has 7 heteroatoms. The highest BCUT2D eigenvalue weighted by atomic mass is 32.2. The monoisotopic (exact) mass is 292 g/mol. The minimum Gasteiger partial charge on any atom is -0.332 e. The van der Waals surface area contributed by atoms with Crippen molar-refractivity contribution in [3.63, 3.8) is 0 Å². The highest BCUT2D eigenvalue weighted by Crippen LogP contribution is 2.31. The summed E-state index contributed by atoms with van der Waals surface area (Å²) in [6.45, 7) is 1.70. The van der Waals surface area contributed by atoms with Gasteiger partial charge in [-0.25, -0.2) is 18.1 Å². The summed E-state index contributed by atoms with van der Waals surface area (Å²) >= 11 is 0. The highest BCUT2D eigenvalue weighted by molar-refractivity contribution is 7.89. The first-order valence-electron chi connectivity index (χ1n) is 6.35. The first-order valence-corrected chi connectivity index (χ1v) is 7.83. The van der Waals surface area contributed by atoms with Crippen LogP contribution in [0, 0.1) is 6.92 Å². The standard InChI is InChI=1S/C13H16N4O2S/c1-8-15-7-12(16-8)20(18,19)17-13-10-5-3-2-4-9(10)6-11(13)14/h2-5,7,11,13,17H,6,14H2,1H3,(H,15,16). The van der Waals surface area contributed by atoms with Crippen LogP contribution in [0.2, 0.25) is 0 Å². The average Bonchev–Trinajstić information content (AvgIpc) is 2.95. The average molecular weight is 292 g/mol. The number of hydrogen-bond acceptors (Lipinski definition) is 4. The zero-order chi connectivity index (χ0) is 14.3. The van der Waals surface area contributed by atoms with Crippen molar-refractivity contribution in [3.05, 3.63) is 47.4 Å². The van der Waals surface area contributed by atoms with Crippen molar-refractivity contribution in [1.82, 2.24) is 14.7 Å². The largest absolute Gasteiger partial charge is 0.332 e. The summed E-state index contributed by atoms with van der Waals surface area (Å²) in [5, 5.41) is 0.0616. The summed E-state index contributed by atoms with van der Waals surface area (Å²) in [7, 11) is -3.65. The molecule has 0 radical (unpaired) electrons. The molecule has 2 unspecified atom stereocenters. The summed E-state index contributed by atoms with van der Waals surface area (Å²) in [6, 6.07) is 7.04. The molecule has 0 saturated heterocycles. The maximum atomic E-state index is 12.3. The van der Waals surface area contributed by atoms with Crippen LogP contribution in [0.4, 0.5) is 0 Å². The first kappa shape index (κ1) is 13.3. The van der Waals surface area contributed by atoms with Gasteiger partial charge in [0, 0.05) is 6.04 Å². The molecule has 2 aromatic rings. The van der Waals surface area contributed by atoms with E-state index in [4.69, 9.17) is 5.73 Å². The zero-order valence-corrected chi connectivity index (χ0v) is 11.8. The van der Waals surface area contributed by atoms with Crippen molar-refractivity contribution >= 4 is 10.0 Å². The van der Waals surface area contributed by atoms with E-state index in [-0.39, 0.29) is 11.1 Å². The summed E-state index contributed by atoms with van der Waals surface area (Å²) < 4.78 is 27.3. The topological polar surface area (TPSA) is 101 Å². The Morgan fingerprint density at radius 1 is 1.40 bits per heavy atom. The fourth-order valence-corrected chi connectivity index (χ4v) is 3.78. The number of nitrogens with one attached hydrogen (secondary N) is 2. The molecule has 1 heterocycles. The van der Waals surface area contributed by atoms with E-state index in [1.807, 2.05) is 24.3 Å². The van der Waals surface area contributed by atoms with Crippen LogP contribution in [0.3, 0.4) is 0 Å². The SMILES string of the molecule is Cc1ncc(S(=O)(=O)NC2c3ccccc3CC2N)[nH]1. The van der Waals surface area contributed by atoms with E-state index in [0.717, 1.165) is 11.1 Å². The van der Waals surface area contributed by atoms with Crippen LogP contribution in [0.25, 0.3) is 0 Å². The number of rotatable bonds is 3. The third kappa shape index (κ3) is 2.24. The van der Waals surface area contributed by atoms with E-state index in [1.165, 1.54) is 6.20 Å². The Bertz CT molecular complexity index is 738. The van der Waals surface area contributed by atoms with Crippen LogP contribution in [-0.2, 0) is 16.4 Å².